The fraction of sp³-hybridized carbons (Fsp3) is 0.474. The Labute approximate surface area is 133 Å². The second-order valence-corrected chi connectivity index (χ2v) is 5.80. The van der Waals surface area contributed by atoms with Crippen molar-refractivity contribution in [2.45, 2.75) is 45.8 Å². The number of hydrogen-bond acceptors (Lipinski definition) is 2. The van der Waals surface area contributed by atoms with E-state index in [0.29, 0.717) is 12.5 Å². The molecule has 22 heavy (non-hydrogen) atoms. The summed E-state index contributed by atoms with van der Waals surface area (Å²) in [6, 6.07) is 12.5. The molecule has 0 fully saturated rings. The monoisotopic (exact) mass is 301 g/mol. The molecule has 3 heteroatoms. The van der Waals surface area contributed by atoms with Crippen molar-refractivity contribution in [3.05, 3.63) is 53.9 Å². The van der Waals surface area contributed by atoms with Crippen LogP contribution in [0.5, 0.6) is 5.75 Å². The summed E-state index contributed by atoms with van der Waals surface area (Å²) < 4.78 is 13.7. The topological polar surface area (TPSA) is 23.4 Å². The molecule has 0 bridgehead atoms. The maximum atomic E-state index is 5.80. The van der Waals surface area contributed by atoms with E-state index in [-0.39, 0.29) is 6.29 Å². The maximum Gasteiger partial charge on any atom is 0.196 e. The van der Waals surface area contributed by atoms with Gasteiger partial charge in [0.15, 0.2) is 6.29 Å². The lowest BCUT2D eigenvalue weighted by atomic mass is 9.99. The Kier molecular flexibility index (Phi) is 6.08. The molecule has 2 rings (SSSR count). The van der Waals surface area contributed by atoms with Crippen molar-refractivity contribution in [3.63, 3.8) is 0 Å². The van der Waals surface area contributed by atoms with Crippen LogP contribution in [0.1, 0.15) is 44.4 Å². The van der Waals surface area contributed by atoms with E-state index >= 15 is 0 Å². The van der Waals surface area contributed by atoms with Gasteiger partial charge in [0.25, 0.3) is 0 Å². The van der Waals surface area contributed by atoms with Gasteiger partial charge in [-0.25, -0.2) is 0 Å². The predicted molar refractivity (Wildman–Crippen MR) is 90.3 cm³/mol. The molecule has 0 aliphatic carbocycles. The first-order valence-electron chi connectivity index (χ1n) is 8.08. The Bertz CT molecular complexity index is 559. The van der Waals surface area contributed by atoms with E-state index in [1.54, 1.807) is 0 Å². The van der Waals surface area contributed by atoms with E-state index in [9.17, 15) is 0 Å². The van der Waals surface area contributed by atoms with Gasteiger partial charge in [-0.1, -0.05) is 26.0 Å². The summed E-state index contributed by atoms with van der Waals surface area (Å²) >= 11 is 0. The van der Waals surface area contributed by atoms with Gasteiger partial charge in [-0.3, -0.25) is 0 Å². The molecule has 1 heterocycles. The van der Waals surface area contributed by atoms with Gasteiger partial charge in [0.2, 0.25) is 0 Å². The quantitative estimate of drug-likeness (QED) is 0.669. The minimum absolute atomic E-state index is 0.241. The summed E-state index contributed by atoms with van der Waals surface area (Å²) in [5.74, 6) is 1.45. The van der Waals surface area contributed by atoms with Gasteiger partial charge in [0.1, 0.15) is 5.75 Å². The van der Waals surface area contributed by atoms with Gasteiger partial charge in [-0.2, -0.15) is 0 Å². The highest BCUT2D eigenvalue weighted by Crippen LogP contribution is 2.22. The average Bonchev–Trinajstić information content (AvgIpc) is 2.92. The molecule has 120 valence electrons. The fourth-order valence-corrected chi connectivity index (χ4v) is 2.42. The molecule has 0 radical (unpaired) electrons. The molecule has 0 N–H and O–H groups in total. The van der Waals surface area contributed by atoms with Gasteiger partial charge < -0.3 is 14.0 Å². The zero-order valence-corrected chi connectivity index (χ0v) is 14.1. The van der Waals surface area contributed by atoms with Gasteiger partial charge in [-0.15, -0.1) is 0 Å². The van der Waals surface area contributed by atoms with Crippen LogP contribution in [0.25, 0.3) is 0 Å². The number of ether oxygens (including phenoxy) is 2. The molecule has 1 aromatic heterocycles. The van der Waals surface area contributed by atoms with E-state index in [4.69, 9.17) is 9.47 Å². The normalized spacial score (nSPS) is 13.8. The molecular formula is C19H27NO2. The molecule has 2 unspecified atom stereocenters. The summed E-state index contributed by atoms with van der Waals surface area (Å²) in [6.07, 6.45) is 3.85. The largest absolute Gasteiger partial charge is 0.465 e. The van der Waals surface area contributed by atoms with Crippen LogP contribution < -0.4 is 4.74 Å². The minimum Gasteiger partial charge on any atom is -0.465 e. The summed E-state index contributed by atoms with van der Waals surface area (Å²) in [6.45, 7) is 7.04. The number of rotatable bonds is 8. The zero-order valence-electron chi connectivity index (χ0n) is 14.1. The summed E-state index contributed by atoms with van der Waals surface area (Å²) in [5.41, 5.74) is 2.62. The standard InChI is InChI=1S/C19H27NO2/c1-5-15(2)17-8-10-19(11-9-17)22-16(3)21-14-12-18-7-6-13-20(18)4/h6-11,13,15-16H,5,12,14H2,1-4H3. The van der Waals surface area contributed by atoms with Crippen molar-refractivity contribution in [1.29, 1.82) is 0 Å². The van der Waals surface area contributed by atoms with Crippen molar-refractivity contribution in [2.75, 3.05) is 6.61 Å². The van der Waals surface area contributed by atoms with Crippen LogP contribution in [-0.4, -0.2) is 17.5 Å². The summed E-state index contributed by atoms with van der Waals surface area (Å²) in [7, 11) is 2.05. The van der Waals surface area contributed by atoms with E-state index in [2.05, 4.69) is 36.6 Å². The van der Waals surface area contributed by atoms with Gasteiger partial charge in [0.05, 0.1) is 6.61 Å². The van der Waals surface area contributed by atoms with Gasteiger partial charge in [-0.05, 0) is 49.1 Å². The highest BCUT2D eigenvalue weighted by Gasteiger charge is 2.07. The molecule has 1 aromatic carbocycles. The molecule has 2 atom stereocenters. The molecule has 2 aromatic rings. The Morgan fingerprint density at radius 3 is 2.41 bits per heavy atom. The lowest BCUT2D eigenvalue weighted by molar-refractivity contribution is -0.0657. The first-order chi connectivity index (χ1) is 10.6. The lowest BCUT2D eigenvalue weighted by Gasteiger charge is -2.16. The Balaban J connectivity index is 1.77. The van der Waals surface area contributed by atoms with Crippen LogP contribution in [0.2, 0.25) is 0 Å². The maximum absolute atomic E-state index is 5.80. The molecule has 0 saturated carbocycles. The third-order valence-electron chi connectivity index (χ3n) is 4.13. The number of hydrogen-bond donors (Lipinski definition) is 0. The smallest absolute Gasteiger partial charge is 0.196 e. The molecule has 3 nitrogen and oxygen atoms in total. The van der Waals surface area contributed by atoms with E-state index in [1.165, 1.54) is 11.3 Å². The Morgan fingerprint density at radius 1 is 1.09 bits per heavy atom. The van der Waals surface area contributed by atoms with Crippen LogP contribution in [-0.2, 0) is 18.2 Å². The number of benzene rings is 1. The third kappa shape index (κ3) is 4.63. The van der Waals surface area contributed by atoms with Crippen LogP contribution in [0.3, 0.4) is 0 Å². The summed E-state index contributed by atoms with van der Waals surface area (Å²) in [5, 5.41) is 0. The van der Waals surface area contributed by atoms with E-state index in [1.807, 2.05) is 38.4 Å². The molecule has 0 spiro atoms. The minimum atomic E-state index is -0.241. The fourth-order valence-electron chi connectivity index (χ4n) is 2.42. The third-order valence-corrected chi connectivity index (χ3v) is 4.13. The van der Waals surface area contributed by atoms with Crippen molar-refractivity contribution in [2.24, 2.45) is 7.05 Å². The second-order valence-electron chi connectivity index (χ2n) is 5.80. The highest BCUT2D eigenvalue weighted by molar-refractivity contribution is 5.29. The Hall–Kier alpha value is -1.74. The molecule has 0 amide bonds. The molecular weight excluding hydrogens is 274 g/mol. The SMILES string of the molecule is CCC(C)c1ccc(OC(C)OCCc2cccn2C)cc1. The van der Waals surface area contributed by atoms with E-state index in [0.717, 1.165) is 18.6 Å². The van der Waals surface area contributed by atoms with Crippen molar-refractivity contribution in [3.8, 4) is 5.75 Å². The van der Waals surface area contributed by atoms with Crippen LogP contribution in [0.4, 0.5) is 0 Å². The van der Waals surface area contributed by atoms with Gasteiger partial charge >= 0.3 is 0 Å². The van der Waals surface area contributed by atoms with Gasteiger partial charge in [0, 0.05) is 25.4 Å². The first kappa shape index (κ1) is 16.6. The molecule has 0 saturated heterocycles. The van der Waals surface area contributed by atoms with Crippen molar-refractivity contribution >= 4 is 0 Å². The van der Waals surface area contributed by atoms with Crippen molar-refractivity contribution in [1.82, 2.24) is 4.57 Å². The molecule has 0 aliphatic heterocycles. The van der Waals surface area contributed by atoms with Crippen LogP contribution >= 0.6 is 0 Å². The van der Waals surface area contributed by atoms with Crippen LogP contribution in [0.15, 0.2) is 42.6 Å². The Morgan fingerprint density at radius 2 is 1.82 bits per heavy atom. The predicted octanol–water partition coefficient (Wildman–Crippen LogP) is 4.52. The van der Waals surface area contributed by atoms with E-state index < -0.39 is 0 Å². The molecule has 0 aliphatic rings. The second kappa shape index (κ2) is 8.04. The lowest BCUT2D eigenvalue weighted by Crippen LogP contribution is -2.18. The van der Waals surface area contributed by atoms with Crippen molar-refractivity contribution < 1.29 is 9.47 Å². The zero-order chi connectivity index (χ0) is 15.9. The summed E-state index contributed by atoms with van der Waals surface area (Å²) in [4.78, 5) is 0. The number of aromatic nitrogens is 1. The number of nitrogens with zero attached hydrogens (tertiary/aromatic N) is 1. The first-order valence-corrected chi connectivity index (χ1v) is 8.08. The number of aryl methyl sites for hydroxylation is 1. The highest BCUT2D eigenvalue weighted by atomic mass is 16.7. The average molecular weight is 301 g/mol. The van der Waals surface area contributed by atoms with Crippen LogP contribution in [0, 0.1) is 0 Å².